The van der Waals surface area contributed by atoms with Crippen molar-refractivity contribution in [1.82, 2.24) is 0 Å². The maximum absolute atomic E-state index is 12.8. The summed E-state index contributed by atoms with van der Waals surface area (Å²) in [6.07, 6.45) is 0.146. The van der Waals surface area contributed by atoms with E-state index in [0.29, 0.717) is 44.9 Å². The van der Waals surface area contributed by atoms with E-state index < -0.39 is 70.4 Å². The number of carbonyl (C=O) groups excluding carboxylic acids is 1. The third-order valence-electron chi connectivity index (χ3n) is 12.7. The minimum atomic E-state index is -1.51. The maximum atomic E-state index is 12.8. The molecule has 14 atom stereocenters. The number of aliphatic hydroxyl groups is 4. The van der Waals surface area contributed by atoms with Crippen LogP contribution >= 0.6 is 0 Å². The maximum Gasteiger partial charge on any atom is 0.335 e. The van der Waals surface area contributed by atoms with Gasteiger partial charge in [0.15, 0.2) is 6.29 Å². The van der Waals surface area contributed by atoms with Crippen LogP contribution in [0.25, 0.3) is 0 Å². The Labute approximate surface area is 257 Å². The van der Waals surface area contributed by atoms with Gasteiger partial charge in [0.2, 0.25) is 0 Å². The van der Waals surface area contributed by atoms with Gasteiger partial charge in [-0.1, -0.05) is 13.8 Å². The van der Waals surface area contributed by atoms with E-state index in [1.165, 1.54) is 26.4 Å². The van der Waals surface area contributed by atoms with Crippen LogP contribution in [0.4, 0.5) is 0 Å². The molecule has 1 saturated heterocycles. The molecule has 1 aromatic rings. The van der Waals surface area contributed by atoms with Gasteiger partial charge in [0, 0.05) is 37.9 Å². The van der Waals surface area contributed by atoms with Crippen molar-refractivity contribution in [2.75, 3.05) is 7.11 Å². The van der Waals surface area contributed by atoms with Crippen molar-refractivity contribution < 1.29 is 48.6 Å². The van der Waals surface area contributed by atoms with E-state index in [1.807, 2.05) is 6.92 Å². The van der Waals surface area contributed by atoms with Crippen LogP contribution in [-0.2, 0) is 23.7 Å². The SMILES string of the molecule is CO[C@H]1[C@H](O)[C@H](O[C@H]2CC[C@@]3(C)[C@H](C2)[C@H](OC(C)=O)C[C@]2(O)[C@@H]3CC[C@]3(C)[C@@H](c4ccc(=O)oc4)CC[C@@]32O)O[C@@H](C)[C@@H]1O. The Morgan fingerprint density at radius 1 is 1.05 bits per heavy atom. The molecule has 5 aliphatic rings. The molecule has 44 heavy (non-hydrogen) atoms. The summed E-state index contributed by atoms with van der Waals surface area (Å²) in [4.78, 5) is 24.1. The second kappa shape index (κ2) is 11.1. The number of esters is 1. The third kappa shape index (κ3) is 4.64. The van der Waals surface area contributed by atoms with Crippen molar-refractivity contribution in [3.05, 3.63) is 34.4 Å². The second-order valence-electron chi connectivity index (χ2n) is 14.7. The highest BCUT2D eigenvalue weighted by Gasteiger charge is 2.75. The predicted octanol–water partition coefficient (Wildman–Crippen LogP) is 2.40. The molecule has 0 bridgehead atoms. The van der Waals surface area contributed by atoms with Gasteiger partial charge in [0.1, 0.15) is 30.0 Å². The number of hydrogen-bond donors (Lipinski definition) is 4. The van der Waals surface area contributed by atoms with Crippen molar-refractivity contribution in [2.45, 2.75) is 139 Å². The van der Waals surface area contributed by atoms with E-state index >= 15 is 0 Å². The molecule has 4 aliphatic carbocycles. The normalized spacial score (nSPS) is 50.3. The standard InChI is InChI=1S/C33H48O11/c1-17-26(36)28(40-5)27(37)29(42-17)44-20-8-11-30(3)22(14-20)23(43-18(2)34)15-32(38)24(30)10-12-31(4)21(9-13-33(31,32)39)19-6-7-25(35)41-16-19/h6-7,16-17,20-24,26-29,36-39H,8-15H2,1-5H3/t17-,20-,21+,22+,23+,24+,26-,27-,28+,29-,30-,31+,32-,33+/m0/s1. The van der Waals surface area contributed by atoms with Crippen molar-refractivity contribution >= 4 is 5.97 Å². The molecule has 4 saturated carbocycles. The van der Waals surface area contributed by atoms with Crippen LogP contribution in [0.5, 0.6) is 0 Å². The number of fused-ring (bicyclic) bond motifs is 5. The Balaban J connectivity index is 1.29. The Morgan fingerprint density at radius 2 is 1.80 bits per heavy atom. The largest absolute Gasteiger partial charge is 0.462 e. The highest BCUT2D eigenvalue weighted by atomic mass is 16.7. The summed E-state index contributed by atoms with van der Waals surface area (Å²) < 4.78 is 28.7. The minimum Gasteiger partial charge on any atom is -0.462 e. The first-order valence-electron chi connectivity index (χ1n) is 16.1. The zero-order valence-electron chi connectivity index (χ0n) is 26.3. The summed E-state index contributed by atoms with van der Waals surface area (Å²) in [6, 6.07) is 3.16. The summed E-state index contributed by atoms with van der Waals surface area (Å²) in [5.74, 6) is -0.968. The fourth-order valence-electron chi connectivity index (χ4n) is 10.4. The van der Waals surface area contributed by atoms with E-state index in [1.54, 1.807) is 13.0 Å². The fraction of sp³-hybridized carbons (Fsp3) is 0.818. The van der Waals surface area contributed by atoms with Crippen molar-refractivity contribution in [3.8, 4) is 0 Å². The molecule has 1 aromatic heterocycles. The summed E-state index contributed by atoms with van der Waals surface area (Å²) >= 11 is 0. The van der Waals surface area contributed by atoms with E-state index in [9.17, 15) is 30.0 Å². The number of aliphatic hydroxyl groups excluding tert-OH is 2. The quantitative estimate of drug-likeness (QED) is 0.282. The number of ether oxygens (including phenoxy) is 4. The minimum absolute atomic E-state index is 0.102. The molecule has 246 valence electrons. The average molecular weight is 621 g/mol. The van der Waals surface area contributed by atoms with Crippen LogP contribution in [0.1, 0.15) is 90.5 Å². The molecule has 6 rings (SSSR count). The van der Waals surface area contributed by atoms with Gasteiger partial charge < -0.3 is 43.8 Å². The lowest BCUT2D eigenvalue weighted by atomic mass is 9.40. The zero-order chi connectivity index (χ0) is 31.8. The number of methoxy groups -OCH3 is 1. The van der Waals surface area contributed by atoms with Crippen molar-refractivity contribution in [1.29, 1.82) is 0 Å². The highest BCUT2D eigenvalue weighted by molar-refractivity contribution is 5.66. The molecule has 11 heteroatoms. The third-order valence-corrected chi connectivity index (χ3v) is 12.7. The second-order valence-corrected chi connectivity index (χ2v) is 14.7. The van der Waals surface area contributed by atoms with Gasteiger partial charge in [0.05, 0.1) is 24.1 Å². The van der Waals surface area contributed by atoms with Crippen LogP contribution in [0.15, 0.2) is 27.6 Å². The number of rotatable bonds is 5. The lowest BCUT2D eigenvalue weighted by Gasteiger charge is -2.68. The van der Waals surface area contributed by atoms with Gasteiger partial charge in [-0.15, -0.1) is 0 Å². The topological polar surface area (TPSA) is 165 Å². The molecule has 0 amide bonds. The fourth-order valence-corrected chi connectivity index (χ4v) is 10.4. The van der Waals surface area contributed by atoms with Gasteiger partial charge in [-0.25, -0.2) is 4.79 Å². The highest BCUT2D eigenvalue weighted by Crippen LogP contribution is 2.72. The van der Waals surface area contributed by atoms with E-state index in [4.69, 9.17) is 23.4 Å². The van der Waals surface area contributed by atoms with Crippen LogP contribution in [-0.4, -0.2) is 87.6 Å². The predicted molar refractivity (Wildman–Crippen MR) is 155 cm³/mol. The van der Waals surface area contributed by atoms with Gasteiger partial charge >= 0.3 is 11.6 Å². The van der Waals surface area contributed by atoms with Crippen LogP contribution in [0, 0.1) is 22.7 Å². The van der Waals surface area contributed by atoms with Crippen LogP contribution in [0.3, 0.4) is 0 Å². The van der Waals surface area contributed by atoms with Crippen molar-refractivity contribution in [2.24, 2.45) is 22.7 Å². The molecule has 4 N–H and O–H groups in total. The van der Waals surface area contributed by atoms with Crippen LogP contribution in [0.2, 0.25) is 0 Å². The van der Waals surface area contributed by atoms with E-state index in [-0.39, 0.29) is 30.3 Å². The Hall–Kier alpha value is -1.86. The van der Waals surface area contributed by atoms with E-state index in [2.05, 4.69) is 6.92 Å². The molecule has 11 nitrogen and oxygen atoms in total. The summed E-state index contributed by atoms with van der Waals surface area (Å²) in [7, 11) is 1.43. The first-order valence-corrected chi connectivity index (χ1v) is 16.1. The first-order chi connectivity index (χ1) is 20.7. The van der Waals surface area contributed by atoms with Crippen molar-refractivity contribution in [3.63, 3.8) is 0 Å². The number of hydrogen-bond acceptors (Lipinski definition) is 11. The lowest BCUT2D eigenvalue weighted by molar-refractivity contribution is -0.328. The molecule has 0 radical (unpaired) electrons. The van der Waals surface area contributed by atoms with Gasteiger partial charge in [-0.3, -0.25) is 4.79 Å². The first kappa shape index (κ1) is 32.1. The monoisotopic (exact) mass is 620 g/mol. The van der Waals surface area contributed by atoms with Gasteiger partial charge in [0.25, 0.3) is 0 Å². The summed E-state index contributed by atoms with van der Waals surface area (Å²) in [5.41, 5.74) is -3.70. The molecule has 5 fully saturated rings. The summed E-state index contributed by atoms with van der Waals surface area (Å²) in [6.45, 7) is 7.25. The van der Waals surface area contributed by atoms with E-state index in [0.717, 1.165) is 5.56 Å². The Morgan fingerprint density at radius 3 is 2.45 bits per heavy atom. The molecule has 0 unspecified atom stereocenters. The molecule has 1 aliphatic heterocycles. The number of carbonyl (C=O) groups is 1. The summed E-state index contributed by atoms with van der Waals surface area (Å²) in [5, 5.41) is 46.7. The van der Waals surface area contributed by atoms with Gasteiger partial charge in [-0.2, -0.15) is 0 Å². The Bertz CT molecular complexity index is 1280. The van der Waals surface area contributed by atoms with Gasteiger partial charge in [-0.05, 0) is 80.8 Å². The molecule has 2 heterocycles. The molecular weight excluding hydrogens is 572 g/mol. The Kier molecular flexibility index (Phi) is 8.13. The molecular formula is C33H48O11. The molecule has 0 aromatic carbocycles. The molecule has 0 spiro atoms. The smallest absolute Gasteiger partial charge is 0.335 e. The van der Waals surface area contributed by atoms with Crippen LogP contribution < -0.4 is 5.63 Å². The average Bonchev–Trinajstić information content (AvgIpc) is 3.24. The zero-order valence-corrected chi connectivity index (χ0v) is 26.3. The lowest BCUT2D eigenvalue weighted by Crippen LogP contribution is -2.75.